The third-order valence-electron chi connectivity index (χ3n) is 6.95. The molecule has 1 N–H and O–H groups in total. The number of nitrogens with one attached hydrogen (secondary N) is 1. The van der Waals surface area contributed by atoms with Gasteiger partial charge >= 0.3 is 0 Å². The molecule has 3 aliphatic rings. The van der Waals surface area contributed by atoms with E-state index in [0.29, 0.717) is 23.4 Å². The summed E-state index contributed by atoms with van der Waals surface area (Å²) in [5.41, 5.74) is 3.91. The van der Waals surface area contributed by atoms with Crippen molar-refractivity contribution in [2.75, 3.05) is 31.2 Å². The van der Waals surface area contributed by atoms with E-state index in [-0.39, 0.29) is 31.4 Å². The molecule has 0 saturated carbocycles. The van der Waals surface area contributed by atoms with Crippen LogP contribution in [0.25, 0.3) is 5.69 Å². The second kappa shape index (κ2) is 9.66. The summed E-state index contributed by atoms with van der Waals surface area (Å²) in [6.45, 7) is 3.66. The minimum Gasteiger partial charge on any atom is -0.487 e. The maximum atomic E-state index is 13.0. The van der Waals surface area contributed by atoms with Crippen LogP contribution in [0.15, 0.2) is 48.7 Å². The predicted octanol–water partition coefficient (Wildman–Crippen LogP) is 1.44. The van der Waals surface area contributed by atoms with Gasteiger partial charge in [0.05, 0.1) is 31.6 Å². The van der Waals surface area contributed by atoms with Crippen molar-refractivity contribution in [3.05, 3.63) is 65.5 Å². The number of carbonyl (C=O) groups is 3. The summed E-state index contributed by atoms with van der Waals surface area (Å²) in [6.07, 6.45) is 2.34. The number of imide groups is 1. The fourth-order valence-corrected chi connectivity index (χ4v) is 4.97. The molecule has 190 valence electrons. The Morgan fingerprint density at radius 1 is 1.03 bits per heavy atom. The summed E-state index contributed by atoms with van der Waals surface area (Å²) >= 11 is 0. The number of benzene rings is 2. The van der Waals surface area contributed by atoms with Gasteiger partial charge in [-0.1, -0.05) is 11.3 Å². The number of ether oxygens (including phenoxy) is 2. The van der Waals surface area contributed by atoms with Crippen molar-refractivity contribution in [2.24, 2.45) is 0 Å². The number of fused-ring (bicyclic) bond motifs is 1. The van der Waals surface area contributed by atoms with Gasteiger partial charge in [0, 0.05) is 36.3 Å². The number of nitrogens with zero attached hydrogens (tertiary/aromatic N) is 5. The highest BCUT2D eigenvalue weighted by Crippen LogP contribution is 2.34. The standard InChI is InChI=1S/C26H26N6O5/c33-24-9-8-22(25(34)27-24)31-15-21-20(26(31)35)2-1-3-23(21)37-16-17-14-32(29-28-17)19-6-4-18(5-7-19)30-10-12-36-13-11-30/h1-7,14,22H,8-13,15-16H2,(H,27,33,34). The van der Waals surface area contributed by atoms with E-state index in [1.807, 2.05) is 18.3 Å². The Bertz CT molecular complexity index is 1350. The number of carbonyl (C=O) groups excluding carboxylic acids is 3. The predicted molar refractivity (Wildman–Crippen MR) is 131 cm³/mol. The monoisotopic (exact) mass is 502 g/mol. The zero-order chi connectivity index (χ0) is 25.4. The molecule has 6 rings (SSSR count). The first kappa shape index (κ1) is 23.2. The van der Waals surface area contributed by atoms with Crippen molar-refractivity contribution >= 4 is 23.4 Å². The SMILES string of the molecule is O=C1CCC(N2Cc3c(OCc4cn(-c5ccc(N6CCOCC6)cc5)nn4)cccc3C2=O)C(=O)N1. The number of hydrogen-bond acceptors (Lipinski definition) is 8. The maximum absolute atomic E-state index is 13.0. The van der Waals surface area contributed by atoms with Crippen LogP contribution < -0.4 is 15.0 Å². The minimum atomic E-state index is -0.667. The maximum Gasteiger partial charge on any atom is 0.255 e. The van der Waals surface area contributed by atoms with Crippen molar-refractivity contribution in [1.82, 2.24) is 25.2 Å². The lowest BCUT2D eigenvalue weighted by Gasteiger charge is -2.29. The Balaban J connectivity index is 1.12. The number of hydrogen-bond donors (Lipinski definition) is 1. The Morgan fingerprint density at radius 2 is 1.81 bits per heavy atom. The highest BCUT2D eigenvalue weighted by atomic mass is 16.5. The Kier molecular flexibility index (Phi) is 6.05. The van der Waals surface area contributed by atoms with Crippen molar-refractivity contribution in [3.63, 3.8) is 0 Å². The van der Waals surface area contributed by atoms with E-state index in [1.54, 1.807) is 22.9 Å². The fraction of sp³-hybridized carbons (Fsp3) is 0.346. The highest BCUT2D eigenvalue weighted by Gasteiger charge is 2.40. The van der Waals surface area contributed by atoms with E-state index in [1.165, 1.54) is 4.90 Å². The number of aromatic nitrogens is 3. The van der Waals surface area contributed by atoms with Crippen LogP contribution >= 0.6 is 0 Å². The first-order valence-corrected chi connectivity index (χ1v) is 12.3. The second-order valence-corrected chi connectivity index (χ2v) is 9.24. The first-order valence-electron chi connectivity index (χ1n) is 12.3. The molecule has 3 aliphatic heterocycles. The normalized spacial score (nSPS) is 19.7. The largest absolute Gasteiger partial charge is 0.487 e. The van der Waals surface area contributed by atoms with E-state index < -0.39 is 11.9 Å². The van der Waals surface area contributed by atoms with Crippen LogP contribution in [0.1, 0.15) is 34.5 Å². The molecule has 0 spiro atoms. The Labute approximate surface area is 212 Å². The average Bonchev–Trinajstić information content (AvgIpc) is 3.53. The van der Waals surface area contributed by atoms with Gasteiger partial charge in [0.1, 0.15) is 24.1 Å². The highest BCUT2D eigenvalue weighted by molar-refractivity contribution is 6.05. The van der Waals surface area contributed by atoms with Crippen LogP contribution in [0.3, 0.4) is 0 Å². The molecule has 11 nitrogen and oxygen atoms in total. The third kappa shape index (κ3) is 4.53. The summed E-state index contributed by atoms with van der Waals surface area (Å²) in [4.78, 5) is 40.6. The van der Waals surface area contributed by atoms with Crippen molar-refractivity contribution in [1.29, 1.82) is 0 Å². The summed E-state index contributed by atoms with van der Waals surface area (Å²) in [7, 11) is 0. The minimum absolute atomic E-state index is 0.176. The van der Waals surface area contributed by atoms with Gasteiger partial charge < -0.3 is 19.3 Å². The van der Waals surface area contributed by atoms with Crippen LogP contribution in [-0.4, -0.2) is 70.0 Å². The second-order valence-electron chi connectivity index (χ2n) is 9.24. The average molecular weight is 503 g/mol. The molecule has 3 amide bonds. The van der Waals surface area contributed by atoms with Gasteiger partial charge in [0.15, 0.2) is 0 Å². The van der Waals surface area contributed by atoms with E-state index in [2.05, 4.69) is 32.7 Å². The number of piperidine rings is 1. The van der Waals surface area contributed by atoms with Crippen LogP contribution in [0.2, 0.25) is 0 Å². The number of morpholine rings is 1. The topological polar surface area (TPSA) is 119 Å². The van der Waals surface area contributed by atoms with Crippen molar-refractivity contribution in [2.45, 2.75) is 32.0 Å². The number of anilines is 1. The lowest BCUT2D eigenvalue weighted by molar-refractivity contribution is -0.136. The van der Waals surface area contributed by atoms with E-state index in [4.69, 9.17) is 9.47 Å². The van der Waals surface area contributed by atoms with Gasteiger partial charge in [-0.05, 0) is 42.8 Å². The summed E-state index contributed by atoms with van der Waals surface area (Å²) in [5.74, 6) is -0.420. The number of rotatable bonds is 6. The molecular formula is C26H26N6O5. The molecule has 2 fully saturated rings. The molecule has 3 aromatic rings. The molecule has 11 heteroatoms. The number of amides is 3. The van der Waals surface area contributed by atoms with Crippen LogP contribution in [0.5, 0.6) is 5.75 Å². The van der Waals surface area contributed by atoms with Gasteiger partial charge in [-0.3, -0.25) is 19.7 Å². The molecule has 2 saturated heterocycles. The quantitative estimate of drug-likeness (QED) is 0.503. The molecule has 0 aliphatic carbocycles. The van der Waals surface area contributed by atoms with Gasteiger partial charge in [-0.15, -0.1) is 5.10 Å². The lowest BCUT2D eigenvalue weighted by Crippen LogP contribution is -2.52. The lowest BCUT2D eigenvalue weighted by atomic mass is 10.0. The third-order valence-corrected chi connectivity index (χ3v) is 6.95. The van der Waals surface area contributed by atoms with Gasteiger partial charge in [0.25, 0.3) is 5.91 Å². The fourth-order valence-electron chi connectivity index (χ4n) is 4.97. The smallest absolute Gasteiger partial charge is 0.255 e. The van der Waals surface area contributed by atoms with Gasteiger partial charge in [0.2, 0.25) is 11.8 Å². The molecule has 0 radical (unpaired) electrons. The summed E-state index contributed by atoms with van der Waals surface area (Å²) < 4.78 is 13.2. The molecule has 2 aromatic carbocycles. The summed E-state index contributed by atoms with van der Waals surface area (Å²) in [5, 5.41) is 10.8. The van der Waals surface area contributed by atoms with E-state index in [9.17, 15) is 14.4 Å². The molecule has 4 heterocycles. The van der Waals surface area contributed by atoms with E-state index >= 15 is 0 Å². The van der Waals surface area contributed by atoms with Gasteiger partial charge in [-0.25, -0.2) is 4.68 Å². The van der Waals surface area contributed by atoms with Crippen molar-refractivity contribution < 1.29 is 23.9 Å². The van der Waals surface area contributed by atoms with Crippen molar-refractivity contribution in [3.8, 4) is 11.4 Å². The molecular weight excluding hydrogens is 476 g/mol. The Hall–Kier alpha value is -4.25. The first-order chi connectivity index (χ1) is 18.1. The van der Waals surface area contributed by atoms with Crippen LogP contribution in [-0.2, 0) is 27.5 Å². The molecule has 1 aromatic heterocycles. The van der Waals surface area contributed by atoms with E-state index in [0.717, 1.165) is 43.2 Å². The molecule has 1 unspecified atom stereocenters. The zero-order valence-electron chi connectivity index (χ0n) is 20.1. The van der Waals surface area contributed by atoms with Gasteiger partial charge in [-0.2, -0.15) is 0 Å². The molecule has 37 heavy (non-hydrogen) atoms. The zero-order valence-corrected chi connectivity index (χ0v) is 20.1. The Morgan fingerprint density at radius 3 is 2.59 bits per heavy atom. The molecule has 0 bridgehead atoms. The molecule has 1 atom stereocenters. The van der Waals surface area contributed by atoms with Crippen LogP contribution in [0.4, 0.5) is 5.69 Å². The summed E-state index contributed by atoms with van der Waals surface area (Å²) in [6, 6.07) is 12.8. The van der Waals surface area contributed by atoms with Crippen LogP contribution in [0, 0.1) is 0 Å².